The molecule has 4 aliphatic rings. The standard InChI is InChI=1S/C22H34O2/c1-14(2)22-12-7-16(23)13-15(22)5-6-17-18-9-11-21(4,24)20(18,3)10-8-19(17)22/h5,16-19,23-24H,1,6-13H2,2-4H3/t16-,17?,18?,19?,20-,21-,22+/m0/s1. The maximum absolute atomic E-state index is 11.0. The highest BCUT2D eigenvalue weighted by molar-refractivity contribution is 5.35. The van der Waals surface area contributed by atoms with Crippen molar-refractivity contribution in [3.63, 3.8) is 0 Å². The van der Waals surface area contributed by atoms with Crippen LogP contribution in [0, 0.1) is 28.6 Å². The highest BCUT2D eigenvalue weighted by Crippen LogP contribution is 2.68. The molecule has 0 aromatic carbocycles. The Balaban J connectivity index is 1.75. The van der Waals surface area contributed by atoms with Crippen LogP contribution < -0.4 is 0 Å². The third-order valence-electron chi connectivity index (χ3n) is 8.93. The first-order valence-electron chi connectivity index (χ1n) is 9.98. The smallest absolute Gasteiger partial charge is 0.0675 e. The van der Waals surface area contributed by atoms with Crippen LogP contribution in [-0.2, 0) is 0 Å². The maximum atomic E-state index is 11.0. The summed E-state index contributed by atoms with van der Waals surface area (Å²) in [5, 5.41) is 21.2. The van der Waals surface area contributed by atoms with Gasteiger partial charge in [-0.1, -0.05) is 30.7 Å². The Hall–Kier alpha value is -0.600. The molecule has 0 radical (unpaired) electrons. The highest BCUT2D eigenvalue weighted by atomic mass is 16.3. The third kappa shape index (κ3) is 1.96. The van der Waals surface area contributed by atoms with E-state index >= 15 is 0 Å². The fourth-order valence-corrected chi connectivity index (χ4v) is 7.34. The topological polar surface area (TPSA) is 40.5 Å². The fourth-order valence-electron chi connectivity index (χ4n) is 7.34. The summed E-state index contributed by atoms with van der Waals surface area (Å²) < 4.78 is 0. The molecule has 3 fully saturated rings. The van der Waals surface area contributed by atoms with Crippen LogP contribution in [0.2, 0.25) is 0 Å². The van der Waals surface area contributed by atoms with Gasteiger partial charge in [-0.2, -0.15) is 0 Å². The van der Waals surface area contributed by atoms with Crippen LogP contribution >= 0.6 is 0 Å². The molecule has 0 aliphatic heterocycles. The SMILES string of the molecule is C=C(C)[C@]12CC[C@H](O)CC1=CCC1C2CC[C@@]2(C)C1CC[C@]2(C)O. The average Bonchev–Trinajstić information content (AvgIpc) is 2.76. The zero-order valence-corrected chi connectivity index (χ0v) is 15.6. The van der Waals surface area contributed by atoms with E-state index in [-0.39, 0.29) is 16.9 Å². The van der Waals surface area contributed by atoms with Crippen molar-refractivity contribution in [3.05, 3.63) is 23.8 Å². The third-order valence-corrected chi connectivity index (χ3v) is 8.93. The zero-order valence-electron chi connectivity index (χ0n) is 15.6. The van der Waals surface area contributed by atoms with Gasteiger partial charge in [-0.25, -0.2) is 0 Å². The van der Waals surface area contributed by atoms with Crippen molar-refractivity contribution in [2.75, 3.05) is 0 Å². The minimum Gasteiger partial charge on any atom is -0.393 e. The lowest BCUT2D eigenvalue weighted by molar-refractivity contribution is -0.113. The summed E-state index contributed by atoms with van der Waals surface area (Å²) in [5.74, 6) is 1.97. The van der Waals surface area contributed by atoms with E-state index in [2.05, 4.69) is 33.4 Å². The first-order valence-corrected chi connectivity index (χ1v) is 9.98. The summed E-state index contributed by atoms with van der Waals surface area (Å²) in [6.45, 7) is 11.1. The van der Waals surface area contributed by atoms with Crippen molar-refractivity contribution in [1.82, 2.24) is 0 Å². The van der Waals surface area contributed by atoms with Gasteiger partial charge in [0.25, 0.3) is 0 Å². The van der Waals surface area contributed by atoms with E-state index in [9.17, 15) is 10.2 Å². The van der Waals surface area contributed by atoms with Crippen LogP contribution in [0.3, 0.4) is 0 Å². The second-order valence-corrected chi connectivity index (χ2v) is 9.76. The molecule has 4 aliphatic carbocycles. The summed E-state index contributed by atoms with van der Waals surface area (Å²) in [4.78, 5) is 0. The van der Waals surface area contributed by atoms with E-state index in [0.717, 1.165) is 38.5 Å². The average molecular weight is 331 g/mol. The van der Waals surface area contributed by atoms with Crippen LogP contribution in [0.15, 0.2) is 23.8 Å². The van der Waals surface area contributed by atoms with Gasteiger partial charge >= 0.3 is 0 Å². The lowest BCUT2D eigenvalue weighted by Gasteiger charge is -2.60. The van der Waals surface area contributed by atoms with E-state index in [4.69, 9.17) is 0 Å². The van der Waals surface area contributed by atoms with Gasteiger partial charge in [-0.05, 0) is 88.4 Å². The maximum Gasteiger partial charge on any atom is 0.0675 e. The zero-order chi connectivity index (χ0) is 17.3. The quantitative estimate of drug-likeness (QED) is 0.689. The second-order valence-electron chi connectivity index (χ2n) is 9.76. The van der Waals surface area contributed by atoms with Crippen molar-refractivity contribution in [2.45, 2.75) is 83.8 Å². The Morgan fingerprint density at radius 2 is 1.83 bits per heavy atom. The minimum absolute atomic E-state index is 0.0734. The van der Waals surface area contributed by atoms with E-state index in [1.807, 2.05) is 0 Å². The molecule has 2 N–H and O–H groups in total. The molecule has 0 heterocycles. The Bertz CT molecular complexity index is 589. The van der Waals surface area contributed by atoms with Crippen molar-refractivity contribution < 1.29 is 10.2 Å². The molecular formula is C22H34O2. The molecule has 2 heteroatoms. The number of rotatable bonds is 1. The van der Waals surface area contributed by atoms with Crippen LogP contribution in [0.4, 0.5) is 0 Å². The first kappa shape index (κ1) is 16.8. The van der Waals surface area contributed by atoms with Crippen LogP contribution in [0.5, 0.6) is 0 Å². The van der Waals surface area contributed by atoms with Gasteiger partial charge < -0.3 is 10.2 Å². The van der Waals surface area contributed by atoms with E-state index in [1.54, 1.807) is 0 Å². The molecule has 4 rings (SSSR count). The predicted octanol–water partition coefficient (Wildman–Crippen LogP) is 4.62. The number of aliphatic hydroxyl groups is 2. The van der Waals surface area contributed by atoms with Crippen molar-refractivity contribution in [3.8, 4) is 0 Å². The van der Waals surface area contributed by atoms with Gasteiger partial charge in [0.15, 0.2) is 0 Å². The minimum atomic E-state index is -0.508. The van der Waals surface area contributed by atoms with Gasteiger partial charge in [-0.3, -0.25) is 0 Å². The lowest BCUT2D eigenvalue weighted by atomic mass is 9.45. The summed E-state index contributed by atoms with van der Waals surface area (Å²) >= 11 is 0. The Labute approximate surface area is 147 Å². The van der Waals surface area contributed by atoms with Gasteiger partial charge in [0, 0.05) is 5.41 Å². The molecule has 3 unspecified atom stereocenters. The Kier molecular flexibility index (Phi) is 3.65. The first-order chi connectivity index (χ1) is 11.2. The lowest BCUT2D eigenvalue weighted by Crippen LogP contribution is -2.54. The summed E-state index contributed by atoms with van der Waals surface area (Å²) in [5.41, 5.74) is 2.47. The number of fused-ring (bicyclic) bond motifs is 5. The molecule has 3 saturated carbocycles. The second kappa shape index (κ2) is 5.20. The van der Waals surface area contributed by atoms with Gasteiger partial charge in [-0.15, -0.1) is 0 Å². The van der Waals surface area contributed by atoms with Crippen LogP contribution in [0.1, 0.15) is 72.1 Å². The Morgan fingerprint density at radius 1 is 1.12 bits per heavy atom. The van der Waals surface area contributed by atoms with Crippen LogP contribution in [-0.4, -0.2) is 21.9 Å². The molecule has 7 atom stereocenters. The molecule has 0 aromatic rings. The molecule has 0 amide bonds. The summed E-state index contributed by atoms with van der Waals surface area (Å²) in [6, 6.07) is 0. The summed E-state index contributed by atoms with van der Waals surface area (Å²) in [7, 11) is 0. The number of hydrogen-bond acceptors (Lipinski definition) is 2. The van der Waals surface area contributed by atoms with Gasteiger partial charge in [0.2, 0.25) is 0 Å². The van der Waals surface area contributed by atoms with E-state index in [0.29, 0.717) is 17.8 Å². The van der Waals surface area contributed by atoms with E-state index in [1.165, 1.54) is 24.0 Å². The van der Waals surface area contributed by atoms with Crippen molar-refractivity contribution in [1.29, 1.82) is 0 Å². The number of aliphatic hydroxyl groups excluding tert-OH is 1. The molecule has 2 nitrogen and oxygen atoms in total. The molecule has 24 heavy (non-hydrogen) atoms. The molecule has 0 aromatic heterocycles. The van der Waals surface area contributed by atoms with Crippen molar-refractivity contribution >= 4 is 0 Å². The number of hydrogen-bond donors (Lipinski definition) is 2. The van der Waals surface area contributed by atoms with Gasteiger partial charge in [0.1, 0.15) is 0 Å². The normalized spacial score (nSPS) is 53.6. The largest absolute Gasteiger partial charge is 0.393 e. The highest BCUT2D eigenvalue weighted by Gasteiger charge is 2.63. The molecule has 0 bridgehead atoms. The molecular weight excluding hydrogens is 296 g/mol. The van der Waals surface area contributed by atoms with Crippen molar-refractivity contribution in [2.24, 2.45) is 28.6 Å². The monoisotopic (exact) mass is 330 g/mol. The molecule has 0 spiro atoms. The Morgan fingerprint density at radius 3 is 2.54 bits per heavy atom. The summed E-state index contributed by atoms with van der Waals surface area (Å²) in [6.07, 6.45) is 10.7. The molecule has 0 saturated heterocycles. The van der Waals surface area contributed by atoms with Gasteiger partial charge in [0.05, 0.1) is 11.7 Å². The van der Waals surface area contributed by atoms with Crippen LogP contribution in [0.25, 0.3) is 0 Å². The predicted molar refractivity (Wildman–Crippen MR) is 97.5 cm³/mol. The number of allylic oxidation sites excluding steroid dienone is 2. The van der Waals surface area contributed by atoms with E-state index < -0.39 is 5.60 Å². The molecule has 134 valence electrons. The fraction of sp³-hybridized carbons (Fsp3) is 0.818.